The average molecular weight is 350 g/mol. The number of nitrogens with zero attached hydrogens (tertiary/aromatic N) is 1. The molecule has 0 atom stereocenters. The predicted octanol–water partition coefficient (Wildman–Crippen LogP) is 4.69. The highest BCUT2D eigenvalue weighted by Gasteiger charge is 2.21. The number of fused-ring (bicyclic) bond motifs is 1. The Morgan fingerprint density at radius 1 is 1.26 bits per heavy atom. The number of thioether (sulfide) groups is 1. The van der Waals surface area contributed by atoms with Crippen LogP contribution in [0.2, 0.25) is 5.02 Å². The van der Waals surface area contributed by atoms with E-state index < -0.39 is 0 Å². The lowest BCUT2D eigenvalue weighted by atomic mass is 10.0. The fraction of sp³-hybridized carbons (Fsp3) is 0.278. The van der Waals surface area contributed by atoms with E-state index in [4.69, 9.17) is 11.6 Å². The number of hydrogen-bond donors (Lipinski definition) is 0. The molecule has 23 heavy (non-hydrogen) atoms. The third kappa shape index (κ3) is 3.88. The minimum atomic E-state index is -0.319. The van der Waals surface area contributed by atoms with Crippen LogP contribution in [0.5, 0.6) is 0 Å². The second kappa shape index (κ2) is 7.37. The van der Waals surface area contributed by atoms with Crippen LogP contribution >= 0.6 is 23.4 Å². The summed E-state index contributed by atoms with van der Waals surface area (Å²) in [4.78, 5) is 14.3. The molecule has 3 rings (SSSR count). The monoisotopic (exact) mass is 349 g/mol. The Bertz CT molecular complexity index is 722. The molecular formula is C18H17ClFNOS. The summed E-state index contributed by atoms with van der Waals surface area (Å²) in [7, 11) is 0. The van der Waals surface area contributed by atoms with Gasteiger partial charge in [-0.3, -0.25) is 4.79 Å². The van der Waals surface area contributed by atoms with Crippen LogP contribution in [0.15, 0.2) is 42.5 Å². The van der Waals surface area contributed by atoms with E-state index in [2.05, 4.69) is 6.07 Å². The summed E-state index contributed by atoms with van der Waals surface area (Å²) in [6.07, 6.45) is 2.00. The molecule has 0 bridgehead atoms. The molecule has 5 heteroatoms. The van der Waals surface area contributed by atoms with E-state index in [0.29, 0.717) is 22.1 Å². The summed E-state index contributed by atoms with van der Waals surface area (Å²) in [5.41, 5.74) is 2.81. The lowest BCUT2D eigenvalue weighted by molar-refractivity contribution is -0.116. The summed E-state index contributed by atoms with van der Waals surface area (Å²) in [6, 6.07) is 12.7. The Labute approximate surface area is 144 Å². The van der Waals surface area contributed by atoms with E-state index in [1.54, 1.807) is 12.1 Å². The number of para-hydroxylation sites is 1. The summed E-state index contributed by atoms with van der Waals surface area (Å²) in [5.74, 6) is 0.568. The molecule has 0 fully saturated rings. The molecule has 0 saturated carbocycles. The van der Waals surface area contributed by atoms with Crippen LogP contribution in [0.25, 0.3) is 0 Å². The van der Waals surface area contributed by atoms with Crippen molar-refractivity contribution in [2.24, 2.45) is 0 Å². The highest BCUT2D eigenvalue weighted by Crippen LogP contribution is 2.27. The first-order valence-corrected chi connectivity index (χ1v) is 9.08. The largest absolute Gasteiger partial charge is 0.311 e. The molecule has 0 aliphatic carbocycles. The molecule has 0 unspecified atom stereocenters. The molecular weight excluding hydrogens is 333 g/mol. The maximum absolute atomic E-state index is 13.7. The Morgan fingerprint density at radius 2 is 2.09 bits per heavy atom. The number of rotatable bonds is 4. The van der Waals surface area contributed by atoms with Gasteiger partial charge in [0.1, 0.15) is 5.82 Å². The van der Waals surface area contributed by atoms with Crippen molar-refractivity contribution >= 4 is 35.0 Å². The number of aryl methyl sites for hydroxylation is 1. The molecule has 1 amide bonds. The van der Waals surface area contributed by atoms with Gasteiger partial charge in [-0.1, -0.05) is 35.9 Å². The number of halogens is 2. The standard InChI is InChI=1S/C18H17ClFNOS/c19-15-8-7-14(16(20)10-15)11-23-12-18(22)21-9-3-5-13-4-1-2-6-17(13)21/h1-2,4,6-8,10H,3,5,9,11-12H2. The number of carbonyl (C=O) groups is 1. The van der Waals surface area contributed by atoms with Crippen molar-refractivity contribution in [2.45, 2.75) is 18.6 Å². The van der Waals surface area contributed by atoms with Gasteiger partial charge in [-0.05, 0) is 42.2 Å². The van der Waals surface area contributed by atoms with E-state index in [1.807, 2.05) is 23.1 Å². The highest BCUT2D eigenvalue weighted by molar-refractivity contribution is 7.99. The van der Waals surface area contributed by atoms with Gasteiger partial charge in [-0.2, -0.15) is 0 Å². The van der Waals surface area contributed by atoms with E-state index in [9.17, 15) is 9.18 Å². The predicted molar refractivity (Wildman–Crippen MR) is 94.7 cm³/mol. The van der Waals surface area contributed by atoms with Crippen molar-refractivity contribution < 1.29 is 9.18 Å². The Hall–Kier alpha value is -1.52. The van der Waals surface area contributed by atoms with Crippen LogP contribution in [-0.4, -0.2) is 18.2 Å². The molecule has 120 valence electrons. The second-order valence-corrected chi connectivity index (χ2v) is 6.93. The van der Waals surface area contributed by atoms with Crippen LogP contribution in [0, 0.1) is 5.82 Å². The minimum Gasteiger partial charge on any atom is -0.311 e. The van der Waals surface area contributed by atoms with Crippen LogP contribution in [-0.2, 0) is 17.0 Å². The van der Waals surface area contributed by atoms with Gasteiger partial charge < -0.3 is 4.90 Å². The van der Waals surface area contributed by atoms with Gasteiger partial charge in [0.05, 0.1) is 5.75 Å². The lowest BCUT2D eigenvalue weighted by Crippen LogP contribution is -2.36. The van der Waals surface area contributed by atoms with Crippen molar-refractivity contribution in [3.8, 4) is 0 Å². The summed E-state index contributed by atoms with van der Waals surface area (Å²) in [5, 5.41) is 0.386. The normalized spacial score (nSPS) is 13.7. The molecule has 2 nitrogen and oxygen atoms in total. The number of anilines is 1. The Kier molecular flexibility index (Phi) is 5.23. The van der Waals surface area contributed by atoms with Crippen molar-refractivity contribution in [1.29, 1.82) is 0 Å². The van der Waals surface area contributed by atoms with E-state index in [-0.39, 0.29) is 11.7 Å². The van der Waals surface area contributed by atoms with Crippen LogP contribution < -0.4 is 4.90 Å². The molecule has 1 heterocycles. The molecule has 2 aromatic carbocycles. The van der Waals surface area contributed by atoms with Crippen molar-refractivity contribution in [3.63, 3.8) is 0 Å². The fourth-order valence-electron chi connectivity index (χ4n) is 2.76. The minimum absolute atomic E-state index is 0.0801. The van der Waals surface area contributed by atoms with Gasteiger partial charge in [0.15, 0.2) is 0 Å². The maximum Gasteiger partial charge on any atom is 0.236 e. The molecule has 0 aromatic heterocycles. The molecule has 1 aliphatic heterocycles. The van der Waals surface area contributed by atoms with Gasteiger partial charge in [-0.15, -0.1) is 11.8 Å². The molecule has 0 spiro atoms. The number of benzene rings is 2. The first kappa shape index (κ1) is 16.3. The zero-order valence-corrected chi connectivity index (χ0v) is 14.2. The number of amides is 1. The van der Waals surface area contributed by atoms with Gasteiger partial charge in [0, 0.05) is 23.0 Å². The van der Waals surface area contributed by atoms with E-state index in [0.717, 1.165) is 25.1 Å². The van der Waals surface area contributed by atoms with Crippen molar-refractivity contribution in [2.75, 3.05) is 17.2 Å². The number of carbonyl (C=O) groups excluding carboxylic acids is 1. The maximum atomic E-state index is 13.7. The third-order valence-corrected chi connectivity index (χ3v) is 5.11. The quantitative estimate of drug-likeness (QED) is 0.798. The summed E-state index contributed by atoms with van der Waals surface area (Å²) < 4.78 is 13.7. The van der Waals surface area contributed by atoms with Gasteiger partial charge in [0.25, 0.3) is 0 Å². The first-order chi connectivity index (χ1) is 11.1. The van der Waals surface area contributed by atoms with Gasteiger partial charge >= 0.3 is 0 Å². The van der Waals surface area contributed by atoms with E-state index >= 15 is 0 Å². The van der Waals surface area contributed by atoms with Crippen molar-refractivity contribution in [1.82, 2.24) is 0 Å². The third-order valence-electron chi connectivity index (χ3n) is 3.91. The van der Waals surface area contributed by atoms with Crippen molar-refractivity contribution in [3.05, 3.63) is 64.4 Å². The van der Waals surface area contributed by atoms with Crippen LogP contribution in [0.3, 0.4) is 0 Å². The molecule has 1 aliphatic rings. The lowest BCUT2D eigenvalue weighted by Gasteiger charge is -2.29. The summed E-state index contributed by atoms with van der Waals surface area (Å²) >= 11 is 7.17. The van der Waals surface area contributed by atoms with Crippen LogP contribution in [0.1, 0.15) is 17.5 Å². The highest BCUT2D eigenvalue weighted by atomic mass is 35.5. The molecule has 0 saturated heterocycles. The SMILES string of the molecule is O=C(CSCc1ccc(Cl)cc1F)N1CCCc2ccccc21. The molecule has 2 aromatic rings. The topological polar surface area (TPSA) is 20.3 Å². The van der Waals surface area contributed by atoms with E-state index in [1.165, 1.54) is 23.4 Å². The molecule has 0 radical (unpaired) electrons. The number of hydrogen-bond acceptors (Lipinski definition) is 2. The fourth-order valence-corrected chi connectivity index (χ4v) is 3.80. The Morgan fingerprint density at radius 3 is 2.91 bits per heavy atom. The van der Waals surface area contributed by atoms with Crippen LogP contribution in [0.4, 0.5) is 10.1 Å². The first-order valence-electron chi connectivity index (χ1n) is 7.55. The Balaban J connectivity index is 1.60. The zero-order valence-electron chi connectivity index (χ0n) is 12.6. The van der Waals surface area contributed by atoms with Gasteiger partial charge in [-0.25, -0.2) is 4.39 Å². The van der Waals surface area contributed by atoms with Gasteiger partial charge in [0.2, 0.25) is 5.91 Å². The smallest absolute Gasteiger partial charge is 0.236 e. The second-order valence-electron chi connectivity index (χ2n) is 5.51. The summed E-state index contributed by atoms with van der Waals surface area (Å²) in [6.45, 7) is 0.756. The zero-order chi connectivity index (χ0) is 16.2. The molecule has 0 N–H and O–H groups in total. The average Bonchev–Trinajstić information content (AvgIpc) is 2.56.